The van der Waals surface area contributed by atoms with Gasteiger partial charge in [-0.1, -0.05) is 53.6 Å². The average Bonchev–Trinajstić information content (AvgIpc) is 3.49. The normalized spacial score (nSPS) is 23.4. The first-order valence-electron chi connectivity index (χ1n) is 10.3. The van der Waals surface area contributed by atoms with Gasteiger partial charge in [0.15, 0.2) is 5.82 Å². The number of fused-ring (bicyclic) bond motifs is 2. The lowest BCUT2D eigenvalue weighted by Crippen LogP contribution is -2.41. The van der Waals surface area contributed by atoms with Gasteiger partial charge in [-0.05, 0) is 29.9 Å². The highest BCUT2D eigenvalue weighted by molar-refractivity contribution is 6.32. The van der Waals surface area contributed by atoms with Crippen molar-refractivity contribution >= 4 is 46.6 Å². The lowest BCUT2D eigenvalue weighted by Gasteiger charge is -2.27. The Labute approximate surface area is 194 Å². The summed E-state index contributed by atoms with van der Waals surface area (Å²) < 4.78 is 1.78. The van der Waals surface area contributed by atoms with Crippen LogP contribution in [0.15, 0.2) is 55.0 Å². The Morgan fingerprint density at radius 1 is 1.16 bits per heavy atom. The molecule has 0 aliphatic heterocycles. The number of allylic oxidation sites excluding steroid dienone is 1. The molecular formula is C22H21Cl2N7O. The number of carbonyl (C=O) groups is 1. The number of anilines is 3. The molecule has 0 spiro atoms. The van der Waals surface area contributed by atoms with Crippen molar-refractivity contribution in [2.45, 2.75) is 19.0 Å². The highest BCUT2D eigenvalue weighted by atomic mass is 35.5. The third kappa shape index (κ3) is 4.03. The predicted molar refractivity (Wildman–Crippen MR) is 124 cm³/mol. The van der Waals surface area contributed by atoms with Crippen LogP contribution in [0.25, 0.3) is 0 Å². The van der Waals surface area contributed by atoms with Crippen molar-refractivity contribution in [2.75, 3.05) is 10.6 Å². The van der Waals surface area contributed by atoms with Crippen molar-refractivity contribution in [2.24, 2.45) is 23.5 Å². The zero-order valence-electron chi connectivity index (χ0n) is 17.0. The molecule has 0 unspecified atom stereocenters. The van der Waals surface area contributed by atoms with Crippen LogP contribution in [-0.2, 0) is 11.3 Å². The smallest absolute Gasteiger partial charge is 0.229 e. The molecule has 3 aromatic rings. The Morgan fingerprint density at radius 2 is 1.97 bits per heavy atom. The lowest BCUT2D eigenvalue weighted by atomic mass is 9.88. The zero-order chi connectivity index (χ0) is 22.2. The molecule has 2 aliphatic rings. The van der Waals surface area contributed by atoms with E-state index in [1.54, 1.807) is 10.9 Å². The number of carbonyl (C=O) groups excluding carboxylic acids is 1. The molecule has 5 rings (SSSR count). The van der Waals surface area contributed by atoms with Crippen LogP contribution >= 0.6 is 23.2 Å². The second-order valence-corrected chi connectivity index (χ2v) is 8.89. The Morgan fingerprint density at radius 3 is 2.78 bits per heavy atom. The van der Waals surface area contributed by atoms with Crippen LogP contribution in [0, 0.1) is 17.8 Å². The van der Waals surface area contributed by atoms with Gasteiger partial charge in [-0.3, -0.25) is 9.48 Å². The molecule has 2 heterocycles. The summed E-state index contributed by atoms with van der Waals surface area (Å²) in [6, 6.07) is 7.51. The van der Waals surface area contributed by atoms with Crippen LogP contribution in [0.2, 0.25) is 10.0 Å². The Kier molecular flexibility index (Phi) is 5.48. The standard InChI is InChI=1S/C22H21Cl2N7O/c23-16-4-2-1-3-14(16)10-31-11-15(8-27-31)28-22-26-9-17(24)21(30-22)29-19-13-6-5-12(7-13)18(19)20(25)32/h1-6,8-9,11-13,18-19H,7,10H2,(H2,25,32)(H2,26,28,29,30)/t12-,13+,18+,19-/m1/s1. The molecule has 2 bridgehead atoms. The average molecular weight is 470 g/mol. The first kappa shape index (κ1) is 20.8. The monoisotopic (exact) mass is 469 g/mol. The SMILES string of the molecule is NC(=O)[C@@H]1[C@H](Nc2nc(Nc3cnn(Cc4ccccc4Cl)c3)ncc2Cl)[C@H]2C=C[C@@H]1C2. The summed E-state index contributed by atoms with van der Waals surface area (Å²) in [6.07, 6.45) is 10.2. The van der Waals surface area contributed by atoms with Gasteiger partial charge in [0.1, 0.15) is 5.02 Å². The molecule has 10 heteroatoms. The number of rotatable bonds is 7. The molecule has 4 atom stereocenters. The summed E-state index contributed by atoms with van der Waals surface area (Å²) in [5.41, 5.74) is 7.36. The van der Waals surface area contributed by atoms with Crippen LogP contribution in [0.3, 0.4) is 0 Å². The van der Waals surface area contributed by atoms with Crippen molar-refractivity contribution in [1.29, 1.82) is 0 Å². The second-order valence-electron chi connectivity index (χ2n) is 8.08. The molecule has 1 saturated carbocycles. The quantitative estimate of drug-likeness (QED) is 0.453. The largest absolute Gasteiger partial charge is 0.369 e. The summed E-state index contributed by atoms with van der Waals surface area (Å²) in [4.78, 5) is 20.8. The third-order valence-electron chi connectivity index (χ3n) is 6.01. The number of hydrogen-bond acceptors (Lipinski definition) is 6. The molecule has 0 saturated heterocycles. The second kappa shape index (κ2) is 8.44. The molecule has 4 N–H and O–H groups in total. The number of primary amides is 1. The number of nitrogens with two attached hydrogens (primary N) is 1. The minimum absolute atomic E-state index is 0.138. The highest BCUT2D eigenvalue weighted by Crippen LogP contribution is 2.45. The van der Waals surface area contributed by atoms with E-state index < -0.39 is 0 Å². The van der Waals surface area contributed by atoms with Gasteiger partial charge in [0.25, 0.3) is 0 Å². The molecule has 1 aromatic carbocycles. The van der Waals surface area contributed by atoms with E-state index in [4.69, 9.17) is 28.9 Å². The van der Waals surface area contributed by atoms with Gasteiger partial charge in [-0.15, -0.1) is 0 Å². The van der Waals surface area contributed by atoms with Gasteiger partial charge in [0.2, 0.25) is 11.9 Å². The molecule has 2 aromatic heterocycles. The Bertz CT molecular complexity index is 1190. The highest BCUT2D eigenvalue weighted by Gasteiger charge is 2.47. The molecule has 1 fully saturated rings. The molecule has 8 nitrogen and oxygen atoms in total. The predicted octanol–water partition coefficient (Wildman–Crippen LogP) is 3.86. The zero-order valence-corrected chi connectivity index (χ0v) is 18.5. The summed E-state index contributed by atoms with van der Waals surface area (Å²) in [6.45, 7) is 0.544. The summed E-state index contributed by atoms with van der Waals surface area (Å²) >= 11 is 12.6. The topological polar surface area (TPSA) is 111 Å². The Hall–Kier alpha value is -3.10. The van der Waals surface area contributed by atoms with E-state index in [9.17, 15) is 4.79 Å². The van der Waals surface area contributed by atoms with Gasteiger partial charge in [0.05, 0.1) is 30.5 Å². The molecule has 0 radical (unpaired) electrons. The maximum absolute atomic E-state index is 12.0. The van der Waals surface area contributed by atoms with E-state index >= 15 is 0 Å². The summed E-state index contributed by atoms with van der Waals surface area (Å²) in [7, 11) is 0. The van der Waals surface area contributed by atoms with E-state index in [0.717, 1.165) is 17.7 Å². The van der Waals surface area contributed by atoms with Crippen molar-refractivity contribution in [3.8, 4) is 0 Å². The minimum Gasteiger partial charge on any atom is -0.369 e. The van der Waals surface area contributed by atoms with Crippen molar-refractivity contribution in [3.05, 3.63) is 70.6 Å². The van der Waals surface area contributed by atoms with Crippen molar-refractivity contribution < 1.29 is 4.79 Å². The number of benzene rings is 1. The van der Waals surface area contributed by atoms with Crippen LogP contribution in [0.1, 0.15) is 12.0 Å². The number of nitrogens with one attached hydrogen (secondary N) is 2. The number of amides is 1. The molecular weight excluding hydrogens is 449 g/mol. The summed E-state index contributed by atoms with van der Waals surface area (Å²) in [5, 5.41) is 11.9. The van der Waals surface area contributed by atoms with Gasteiger partial charge in [-0.25, -0.2) is 4.98 Å². The molecule has 2 aliphatic carbocycles. The molecule has 164 valence electrons. The van der Waals surface area contributed by atoms with Gasteiger partial charge < -0.3 is 16.4 Å². The van der Waals surface area contributed by atoms with E-state index in [2.05, 4.69) is 37.9 Å². The number of nitrogens with zero attached hydrogens (tertiary/aromatic N) is 4. The van der Waals surface area contributed by atoms with Crippen LogP contribution in [-0.4, -0.2) is 31.7 Å². The van der Waals surface area contributed by atoms with Gasteiger partial charge in [0, 0.05) is 17.3 Å². The van der Waals surface area contributed by atoms with Crippen molar-refractivity contribution in [3.63, 3.8) is 0 Å². The van der Waals surface area contributed by atoms with E-state index in [1.165, 1.54) is 6.20 Å². The van der Waals surface area contributed by atoms with Crippen molar-refractivity contribution in [1.82, 2.24) is 19.7 Å². The van der Waals surface area contributed by atoms with E-state index in [-0.39, 0.29) is 29.7 Å². The van der Waals surface area contributed by atoms with Crippen LogP contribution in [0.5, 0.6) is 0 Å². The number of hydrogen-bond donors (Lipinski definition) is 3. The Balaban J connectivity index is 1.31. The number of halogens is 2. The summed E-state index contributed by atoms with van der Waals surface area (Å²) in [5.74, 6) is 0.623. The number of aromatic nitrogens is 4. The minimum atomic E-state index is -0.311. The lowest BCUT2D eigenvalue weighted by molar-refractivity contribution is -0.122. The maximum atomic E-state index is 12.0. The molecule has 1 amide bonds. The van der Waals surface area contributed by atoms with E-state index in [1.807, 2.05) is 30.5 Å². The van der Waals surface area contributed by atoms with Crippen LogP contribution < -0.4 is 16.4 Å². The first-order valence-corrected chi connectivity index (χ1v) is 11.0. The van der Waals surface area contributed by atoms with Crippen LogP contribution in [0.4, 0.5) is 17.5 Å². The fourth-order valence-corrected chi connectivity index (χ4v) is 4.88. The third-order valence-corrected chi connectivity index (χ3v) is 6.66. The fourth-order valence-electron chi connectivity index (χ4n) is 4.54. The van der Waals surface area contributed by atoms with E-state index in [0.29, 0.717) is 28.4 Å². The molecule has 32 heavy (non-hydrogen) atoms. The van der Waals surface area contributed by atoms with Gasteiger partial charge >= 0.3 is 0 Å². The first-order chi connectivity index (χ1) is 15.5. The van der Waals surface area contributed by atoms with Gasteiger partial charge in [-0.2, -0.15) is 10.1 Å². The maximum Gasteiger partial charge on any atom is 0.229 e. The fraction of sp³-hybridized carbons (Fsp3) is 0.273.